The molecule has 1 aromatic rings. The molecule has 2 N–H and O–H groups in total. The highest BCUT2D eigenvalue weighted by Crippen LogP contribution is 2.28. The number of hydrogen-bond donors (Lipinski definition) is 1. The first kappa shape index (κ1) is 12.1. The van der Waals surface area contributed by atoms with Crippen molar-refractivity contribution in [2.45, 2.75) is 25.3 Å². The van der Waals surface area contributed by atoms with Gasteiger partial charge in [-0.3, -0.25) is 0 Å². The normalized spacial score (nSPS) is 15.5. The minimum absolute atomic E-state index is 0.614. The lowest BCUT2D eigenvalue weighted by molar-refractivity contribution is 0.386. The standard InChI is InChI=1S/C12H21N5/c1-16(2)12-14-8-6-11(15-12)17(9-7-13)10-4-3-5-10/h6,8,10H,3-5,7,9,13H2,1-2H3. The molecule has 0 amide bonds. The van der Waals surface area contributed by atoms with Crippen molar-refractivity contribution in [3.05, 3.63) is 12.3 Å². The zero-order chi connectivity index (χ0) is 12.3. The van der Waals surface area contributed by atoms with E-state index in [2.05, 4.69) is 14.9 Å². The van der Waals surface area contributed by atoms with Crippen LogP contribution in [0.1, 0.15) is 19.3 Å². The highest BCUT2D eigenvalue weighted by Gasteiger charge is 2.25. The number of anilines is 2. The summed E-state index contributed by atoms with van der Waals surface area (Å²) in [6, 6.07) is 2.59. The minimum Gasteiger partial charge on any atom is -0.352 e. The molecule has 94 valence electrons. The summed E-state index contributed by atoms with van der Waals surface area (Å²) in [5.74, 6) is 1.75. The topological polar surface area (TPSA) is 58.3 Å². The summed E-state index contributed by atoms with van der Waals surface area (Å²) in [6.07, 6.45) is 5.64. The van der Waals surface area contributed by atoms with Crippen LogP contribution in [-0.2, 0) is 0 Å². The number of nitrogens with two attached hydrogens (primary N) is 1. The fraction of sp³-hybridized carbons (Fsp3) is 0.667. The number of rotatable bonds is 5. The van der Waals surface area contributed by atoms with Crippen molar-refractivity contribution < 1.29 is 0 Å². The van der Waals surface area contributed by atoms with Crippen LogP contribution < -0.4 is 15.5 Å². The van der Waals surface area contributed by atoms with Crippen LogP contribution in [0.5, 0.6) is 0 Å². The molecule has 0 unspecified atom stereocenters. The van der Waals surface area contributed by atoms with Crippen LogP contribution in [0.4, 0.5) is 11.8 Å². The minimum atomic E-state index is 0.614. The highest BCUT2D eigenvalue weighted by atomic mass is 15.3. The van der Waals surface area contributed by atoms with Crippen molar-refractivity contribution in [1.82, 2.24) is 9.97 Å². The molecule has 17 heavy (non-hydrogen) atoms. The molecule has 0 aromatic carbocycles. The second kappa shape index (κ2) is 5.31. The Hall–Kier alpha value is -1.36. The molecule has 1 saturated carbocycles. The van der Waals surface area contributed by atoms with Crippen molar-refractivity contribution >= 4 is 11.8 Å². The van der Waals surface area contributed by atoms with Gasteiger partial charge >= 0.3 is 0 Å². The van der Waals surface area contributed by atoms with Gasteiger partial charge in [0.05, 0.1) is 0 Å². The van der Waals surface area contributed by atoms with E-state index in [1.54, 1.807) is 0 Å². The fourth-order valence-electron chi connectivity index (χ4n) is 2.04. The zero-order valence-corrected chi connectivity index (χ0v) is 10.6. The van der Waals surface area contributed by atoms with Gasteiger partial charge in [-0.2, -0.15) is 4.98 Å². The van der Waals surface area contributed by atoms with E-state index in [1.165, 1.54) is 19.3 Å². The molecule has 1 fully saturated rings. The third-order valence-corrected chi connectivity index (χ3v) is 3.21. The molecule has 1 heterocycles. The van der Waals surface area contributed by atoms with Gasteiger partial charge in [-0.25, -0.2) is 4.98 Å². The van der Waals surface area contributed by atoms with Gasteiger partial charge in [-0.15, -0.1) is 0 Å². The Morgan fingerprint density at radius 2 is 2.18 bits per heavy atom. The molecular weight excluding hydrogens is 214 g/mol. The van der Waals surface area contributed by atoms with Gasteiger partial charge in [-0.05, 0) is 25.3 Å². The molecule has 5 nitrogen and oxygen atoms in total. The average Bonchev–Trinajstić information content (AvgIpc) is 2.26. The van der Waals surface area contributed by atoms with E-state index < -0.39 is 0 Å². The van der Waals surface area contributed by atoms with Crippen LogP contribution >= 0.6 is 0 Å². The number of nitrogens with zero attached hydrogens (tertiary/aromatic N) is 4. The fourth-order valence-corrected chi connectivity index (χ4v) is 2.04. The predicted molar refractivity (Wildman–Crippen MR) is 70.4 cm³/mol. The molecule has 0 spiro atoms. The Bertz CT molecular complexity index is 362. The first-order chi connectivity index (χ1) is 8.22. The quantitative estimate of drug-likeness (QED) is 0.820. The first-order valence-corrected chi connectivity index (χ1v) is 6.19. The lowest BCUT2D eigenvalue weighted by Crippen LogP contribution is -2.43. The summed E-state index contributed by atoms with van der Waals surface area (Å²) >= 11 is 0. The maximum Gasteiger partial charge on any atom is 0.226 e. The van der Waals surface area contributed by atoms with E-state index in [0.717, 1.165) is 18.3 Å². The van der Waals surface area contributed by atoms with E-state index in [1.807, 2.05) is 31.3 Å². The Balaban J connectivity index is 2.19. The monoisotopic (exact) mass is 235 g/mol. The van der Waals surface area contributed by atoms with Crippen LogP contribution in [-0.4, -0.2) is 43.2 Å². The van der Waals surface area contributed by atoms with Gasteiger partial charge in [0.2, 0.25) is 5.95 Å². The molecule has 0 radical (unpaired) electrons. The Morgan fingerprint density at radius 3 is 2.71 bits per heavy atom. The van der Waals surface area contributed by atoms with Crippen LogP contribution in [0.2, 0.25) is 0 Å². The Labute approximate surface area is 103 Å². The van der Waals surface area contributed by atoms with Gasteiger partial charge in [0, 0.05) is 39.4 Å². The van der Waals surface area contributed by atoms with Gasteiger partial charge in [0.1, 0.15) is 5.82 Å². The molecule has 1 aliphatic carbocycles. The third kappa shape index (κ3) is 2.66. The smallest absolute Gasteiger partial charge is 0.226 e. The van der Waals surface area contributed by atoms with Gasteiger partial charge in [0.25, 0.3) is 0 Å². The SMILES string of the molecule is CN(C)c1nccc(N(CCN)C2CCC2)n1. The number of aromatic nitrogens is 2. The third-order valence-electron chi connectivity index (χ3n) is 3.21. The zero-order valence-electron chi connectivity index (χ0n) is 10.6. The maximum absolute atomic E-state index is 5.69. The lowest BCUT2D eigenvalue weighted by Gasteiger charge is -2.38. The summed E-state index contributed by atoms with van der Waals surface area (Å²) < 4.78 is 0. The van der Waals surface area contributed by atoms with Crippen molar-refractivity contribution in [2.75, 3.05) is 37.0 Å². The van der Waals surface area contributed by atoms with Crippen LogP contribution in [0.25, 0.3) is 0 Å². The van der Waals surface area contributed by atoms with Crippen LogP contribution in [0, 0.1) is 0 Å². The van der Waals surface area contributed by atoms with Gasteiger partial charge in [-0.1, -0.05) is 0 Å². The molecule has 1 aromatic heterocycles. The second-order valence-corrected chi connectivity index (χ2v) is 4.68. The van der Waals surface area contributed by atoms with E-state index in [4.69, 9.17) is 5.73 Å². The van der Waals surface area contributed by atoms with E-state index in [9.17, 15) is 0 Å². The van der Waals surface area contributed by atoms with Crippen molar-refractivity contribution in [3.8, 4) is 0 Å². The van der Waals surface area contributed by atoms with Crippen LogP contribution in [0.3, 0.4) is 0 Å². The predicted octanol–water partition coefficient (Wildman–Crippen LogP) is 0.860. The molecule has 0 atom stereocenters. The second-order valence-electron chi connectivity index (χ2n) is 4.68. The maximum atomic E-state index is 5.69. The summed E-state index contributed by atoms with van der Waals surface area (Å²) in [4.78, 5) is 13.1. The van der Waals surface area contributed by atoms with Crippen LogP contribution in [0.15, 0.2) is 12.3 Å². The summed E-state index contributed by atoms with van der Waals surface area (Å²) in [5.41, 5.74) is 5.69. The average molecular weight is 235 g/mol. The Kier molecular flexibility index (Phi) is 3.78. The van der Waals surface area contributed by atoms with Gasteiger partial charge in [0.15, 0.2) is 0 Å². The van der Waals surface area contributed by atoms with E-state index >= 15 is 0 Å². The molecule has 0 bridgehead atoms. The van der Waals surface area contributed by atoms with Crippen molar-refractivity contribution in [2.24, 2.45) is 5.73 Å². The lowest BCUT2D eigenvalue weighted by atomic mass is 9.91. The van der Waals surface area contributed by atoms with E-state index in [-0.39, 0.29) is 0 Å². The summed E-state index contributed by atoms with van der Waals surface area (Å²) in [6.45, 7) is 1.53. The molecule has 0 saturated heterocycles. The molecule has 5 heteroatoms. The number of hydrogen-bond acceptors (Lipinski definition) is 5. The van der Waals surface area contributed by atoms with Crippen molar-refractivity contribution in [3.63, 3.8) is 0 Å². The highest BCUT2D eigenvalue weighted by molar-refractivity contribution is 5.44. The van der Waals surface area contributed by atoms with E-state index in [0.29, 0.717) is 12.6 Å². The molecular formula is C12H21N5. The molecule has 2 rings (SSSR count). The van der Waals surface area contributed by atoms with Crippen molar-refractivity contribution in [1.29, 1.82) is 0 Å². The van der Waals surface area contributed by atoms with Gasteiger partial charge < -0.3 is 15.5 Å². The first-order valence-electron chi connectivity index (χ1n) is 6.19. The molecule has 0 aliphatic heterocycles. The Morgan fingerprint density at radius 1 is 1.41 bits per heavy atom. The largest absolute Gasteiger partial charge is 0.352 e. The summed E-state index contributed by atoms with van der Waals surface area (Å²) in [7, 11) is 3.91. The molecule has 1 aliphatic rings. The summed E-state index contributed by atoms with van der Waals surface area (Å²) in [5, 5.41) is 0.